The molecule has 0 unspecified atom stereocenters. The summed E-state index contributed by atoms with van der Waals surface area (Å²) in [4.78, 5) is 4.64. The van der Waals surface area contributed by atoms with Crippen LogP contribution in [0.3, 0.4) is 0 Å². The van der Waals surface area contributed by atoms with Crippen molar-refractivity contribution in [1.82, 2.24) is 9.55 Å². The Morgan fingerprint density at radius 1 is 1.11 bits per heavy atom. The van der Waals surface area contributed by atoms with E-state index >= 15 is 0 Å². The average Bonchev–Trinajstić information content (AvgIpc) is 2.79. The van der Waals surface area contributed by atoms with E-state index in [4.69, 9.17) is 11.6 Å². The third kappa shape index (κ3) is 2.36. The molecule has 0 amide bonds. The molecule has 2 nitrogen and oxygen atoms in total. The number of benzene rings is 2. The summed E-state index contributed by atoms with van der Waals surface area (Å²) in [7, 11) is 0. The highest BCUT2D eigenvalue weighted by molar-refractivity contribution is 7.98. The summed E-state index contributed by atoms with van der Waals surface area (Å²) in [5, 5.41) is 1.81. The molecule has 4 heteroatoms. The Labute approximate surface area is 121 Å². The van der Waals surface area contributed by atoms with Crippen molar-refractivity contribution in [2.45, 2.75) is 11.7 Å². The van der Waals surface area contributed by atoms with Crippen LogP contribution in [0.5, 0.6) is 0 Å². The molecule has 19 heavy (non-hydrogen) atoms. The number of aromatic nitrogens is 2. The van der Waals surface area contributed by atoms with Crippen LogP contribution in [0.1, 0.15) is 5.56 Å². The lowest BCUT2D eigenvalue weighted by molar-refractivity contribution is 0.732. The molecular formula is C15H13ClN2S. The van der Waals surface area contributed by atoms with Crippen molar-refractivity contribution in [2.75, 3.05) is 6.26 Å². The monoisotopic (exact) mass is 288 g/mol. The van der Waals surface area contributed by atoms with Gasteiger partial charge in [-0.15, -0.1) is 0 Å². The summed E-state index contributed by atoms with van der Waals surface area (Å²) < 4.78 is 2.21. The Kier molecular flexibility index (Phi) is 3.49. The number of thioether (sulfide) groups is 1. The fourth-order valence-electron chi connectivity index (χ4n) is 2.16. The van der Waals surface area contributed by atoms with E-state index in [1.165, 1.54) is 0 Å². The summed E-state index contributed by atoms with van der Waals surface area (Å²) in [6.07, 6.45) is 2.05. The van der Waals surface area contributed by atoms with Gasteiger partial charge >= 0.3 is 0 Å². The maximum absolute atomic E-state index is 6.25. The predicted molar refractivity (Wildman–Crippen MR) is 82.1 cm³/mol. The van der Waals surface area contributed by atoms with E-state index in [0.29, 0.717) is 0 Å². The van der Waals surface area contributed by atoms with Gasteiger partial charge in [-0.25, -0.2) is 4.98 Å². The number of hydrogen-bond donors (Lipinski definition) is 0. The fourth-order valence-corrected chi connectivity index (χ4v) is 2.93. The van der Waals surface area contributed by atoms with Crippen LogP contribution in [0, 0.1) is 0 Å². The van der Waals surface area contributed by atoms with Gasteiger partial charge < -0.3 is 4.57 Å². The first kappa shape index (κ1) is 12.6. The van der Waals surface area contributed by atoms with Crippen LogP contribution in [0.15, 0.2) is 53.7 Å². The van der Waals surface area contributed by atoms with Gasteiger partial charge in [-0.2, -0.15) is 0 Å². The first-order valence-electron chi connectivity index (χ1n) is 6.02. The highest BCUT2D eigenvalue weighted by atomic mass is 35.5. The van der Waals surface area contributed by atoms with E-state index in [9.17, 15) is 0 Å². The Morgan fingerprint density at radius 2 is 1.84 bits per heavy atom. The van der Waals surface area contributed by atoms with Crippen LogP contribution < -0.4 is 0 Å². The second-order valence-corrected chi connectivity index (χ2v) is 5.45. The van der Waals surface area contributed by atoms with E-state index in [1.54, 1.807) is 11.8 Å². The topological polar surface area (TPSA) is 17.8 Å². The summed E-state index contributed by atoms with van der Waals surface area (Å²) in [6, 6.07) is 16.1. The van der Waals surface area contributed by atoms with Gasteiger partial charge in [-0.1, -0.05) is 53.7 Å². The molecule has 0 saturated heterocycles. The largest absolute Gasteiger partial charge is 0.314 e. The van der Waals surface area contributed by atoms with Crippen molar-refractivity contribution in [3.8, 4) is 0 Å². The lowest BCUT2D eigenvalue weighted by Crippen LogP contribution is -2.01. The van der Waals surface area contributed by atoms with Gasteiger partial charge in [0.1, 0.15) is 0 Å². The van der Waals surface area contributed by atoms with E-state index in [2.05, 4.69) is 21.7 Å². The molecule has 0 spiro atoms. The first-order valence-corrected chi connectivity index (χ1v) is 7.62. The van der Waals surface area contributed by atoms with E-state index in [0.717, 1.165) is 33.3 Å². The van der Waals surface area contributed by atoms with Crippen LogP contribution in [0.4, 0.5) is 0 Å². The maximum atomic E-state index is 6.25. The maximum Gasteiger partial charge on any atom is 0.169 e. The molecule has 0 aliphatic carbocycles. The second-order valence-electron chi connectivity index (χ2n) is 4.26. The minimum atomic E-state index is 0.746. The van der Waals surface area contributed by atoms with Crippen LogP contribution in [-0.2, 0) is 6.54 Å². The number of rotatable bonds is 3. The quantitative estimate of drug-likeness (QED) is 0.662. The molecular weight excluding hydrogens is 276 g/mol. The van der Waals surface area contributed by atoms with Crippen molar-refractivity contribution < 1.29 is 0 Å². The zero-order valence-corrected chi connectivity index (χ0v) is 12.1. The van der Waals surface area contributed by atoms with Crippen molar-refractivity contribution in [3.63, 3.8) is 0 Å². The van der Waals surface area contributed by atoms with E-state index < -0.39 is 0 Å². The number of fused-ring (bicyclic) bond motifs is 1. The minimum Gasteiger partial charge on any atom is -0.314 e. The van der Waals surface area contributed by atoms with Gasteiger partial charge in [0.2, 0.25) is 0 Å². The third-order valence-corrected chi connectivity index (χ3v) is 4.13. The molecule has 0 aliphatic rings. The normalized spacial score (nSPS) is 11.1. The summed E-state index contributed by atoms with van der Waals surface area (Å²) in [5.74, 6) is 0. The molecule has 1 aromatic heterocycles. The number of hydrogen-bond acceptors (Lipinski definition) is 2. The minimum absolute atomic E-state index is 0.746. The SMILES string of the molecule is CSc1nc2ccccc2n1Cc1ccccc1Cl. The molecule has 0 aliphatic heterocycles. The van der Waals surface area contributed by atoms with Crippen molar-refractivity contribution in [2.24, 2.45) is 0 Å². The fraction of sp³-hybridized carbons (Fsp3) is 0.133. The van der Waals surface area contributed by atoms with Gasteiger partial charge in [0.25, 0.3) is 0 Å². The van der Waals surface area contributed by atoms with Crippen molar-refractivity contribution in [1.29, 1.82) is 0 Å². The number of halogens is 1. The molecule has 0 saturated carbocycles. The average molecular weight is 289 g/mol. The standard InChI is InChI=1S/C15H13ClN2S/c1-19-15-17-13-8-4-5-9-14(13)18(15)10-11-6-2-3-7-12(11)16/h2-9H,10H2,1H3. The number of para-hydroxylation sites is 2. The summed E-state index contributed by atoms with van der Waals surface area (Å²) in [6.45, 7) is 0.746. The lowest BCUT2D eigenvalue weighted by atomic mass is 10.2. The Balaban J connectivity index is 2.12. The van der Waals surface area contributed by atoms with Gasteiger partial charge in [0.05, 0.1) is 17.6 Å². The van der Waals surface area contributed by atoms with E-state index in [-0.39, 0.29) is 0 Å². The van der Waals surface area contributed by atoms with Gasteiger partial charge in [-0.3, -0.25) is 0 Å². The predicted octanol–water partition coefficient (Wildman–Crippen LogP) is 4.46. The van der Waals surface area contributed by atoms with Crippen molar-refractivity contribution >= 4 is 34.4 Å². The first-order chi connectivity index (χ1) is 9.29. The Bertz CT molecular complexity index is 721. The smallest absolute Gasteiger partial charge is 0.169 e. The molecule has 0 bridgehead atoms. The molecule has 0 N–H and O–H groups in total. The molecule has 1 heterocycles. The highest BCUT2D eigenvalue weighted by Crippen LogP contribution is 2.25. The molecule has 2 aromatic carbocycles. The van der Waals surface area contributed by atoms with Crippen LogP contribution in [-0.4, -0.2) is 15.8 Å². The van der Waals surface area contributed by atoms with Gasteiger partial charge in [0.15, 0.2) is 5.16 Å². The van der Waals surface area contributed by atoms with Gasteiger partial charge in [-0.05, 0) is 30.0 Å². The van der Waals surface area contributed by atoms with Crippen LogP contribution in [0.25, 0.3) is 11.0 Å². The Morgan fingerprint density at radius 3 is 2.63 bits per heavy atom. The molecule has 3 rings (SSSR count). The molecule has 96 valence electrons. The molecule has 3 aromatic rings. The van der Waals surface area contributed by atoms with Gasteiger partial charge in [0, 0.05) is 5.02 Å². The third-order valence-electron chi connectivity index (χ3n) is 3.09. The summed E-state index contributed by atoms with van der Waals surface area (Å²) in [5.41, 5.74) is 3.29. The molecule has 0 fully saturated rings. The zero-order chi connectivity index (χ0) is 13.2. The number of imidazole rings is 1. The molecule has 0 atom stereocenters. The van der Waals surface area contributed by atoms with E-state index in [1.807, 2.05) is 42.7 Å². The van der Waals surface area contributed by atoms with Crippen molar-refractivity contribution in [3.05, 3.63) is 59.1 Å². The van der Waals surface area contributed by atoms with Crippen LogP contribution >= 0.6 is 23.4 Å². The van der Waals surface area contributed by atoms with Crippen LogP contribution in [0.2, 0.25) is 5.02 Å². The second kappa shape index (κ2) is 5.27. The zero-order valence-electron chi connectivity index (χ0n) is 10.5. The lowest BCUT2D eigenvalue weighted by Gasteiger charge is -2.09. The summed E-state index contributed by atoms with van der Waals surface area (Å²) >= 11 is 7.90. The molecule has 0 radical (unpaired) electrons. The Hall–Kier alpha value is -1.45. The number of nitrogens with zero attached hydrogens (tertiary/aromatic N) is 2. The highest BCUT2D eigenvalue weighted by Gasteiger charge is 2.10.